The van der Waals surface area contributed by atoms with Crippen molar-refractivity contribution >= 4 is 82.6 Å². The molecule has 0 bridgehead atoms. The van der Waals surface area contributed by atoms with E-state index in [4.69, 9.17) is 8.85 Å². The Hall–Kier alpha value is -0.896. The lowest BCUT2D eigenvalue weighted by Crippen LogP contribution is -2.40. The van der Waals surface area contributed by atoms with Crippen molar-refractivity contribution in [3.05, 3.63) is 40.5 Å². The molecule has 0 aromatic heterocycles. The van der Waals surface area contributed by atoms with Crippen LogP contribution in [0.3, 0.4) is 0 Å². The highest BCUT2D eigenvalue weighted by atomic mass is 127. The summed E-state index contributed by atoms with van der Waals surface area (Å²) in [4.78, 5) is 0. The molecule has 1 heterocycles. The molecular formula is C37H49I2NO4SSi2. The molecule has 0 N–H and O–H groups in total. The fraction of sp³-hybridized carbons (Fsp3) is 0.568. The molecule has 0 fully saturated rings. The number of aryl methyl sites for hydroxylation is 2. The van der Waals surface area contributed by atoms with Crippen LogP contribution in [0.2, 0.25) is 36.3 Å². The van der Waals surface area contributed by atoms with E-state index >= 15 is 0 Å². The monoisotopic (exact) mass is 913 g/mol. The average molecular weight is 914 g/mol. The Bertz CT molecular complexity index is 1890. The molecule has 0 saturated heterocycles. The fourth-order valence-corrected chi connectivity index (χ4v) is 9.59. The van der Waals surface area contributed by atoms with Crippen LogP contribution in [-0.2, 0) is 51.4 Å². The van der Waals surface area contributed by atoms with Gasteiger partial charge in [-0.05, 0) is 145 Å². The maximum atomic E-state index is 12.8. The molecule has 1 aliphatic heterocycles. The van der Waals surface area contributed by atoms with Gasteiger partial charge in [0.05, 0.1) is 19.5 Å². The first-order valence-electron chi connectivity index (χ1n) is 16.2. The highest BCUT2D eigenvalue weighted by Crippen LogP contribution is 2.47. The summed E-state index contributed by atoms with van der Waals surface area (Å²) in [6, 6.07) is 0. The van der Waals surface area contributed by atoms with Gasteiger partial charge < -0.3 is 8.85 Å². The maximum Gasteiger partial charge on any atom is 0.211 e. The summed E-state index contributed by atoms with van der Waals surface area (Å²) in [5, 5.41) is 2.72. The van der Waals surface area contributed by atoms with Crippen LogP contribution in [0.4, 0.5) is 0 Å². The van der Waals surface area contributed by atoms with Crippen LogP contribution < -0.4 is 0 Å². The van der Waals surface area contributed by atoms with Gasteiger partial charge in [-0.3, -0.25) is 0 Å². The highest BCUT2D eigenvalue weighted by Gasteiger charge is 2.39. The first-order valence-corrected chi connectivity index (χ1v) is 26.1. The van der Waals surface area contributed by atoms with Crippen LogP contribution in [0.15, 0.2) is 0 Å². The molecule has 2 aromatic rings. The van der Waals surface area contributed by atoms with Crippen LogP contribution in [-0.4, -0.2) is 42.2 Å². The van der Waals surface area contributed by atoms with E-state index in [1.807, 2.05) is 0 Å². The lowest BCUT2D eigenvalue weighted by molar-refractivity contribution is 0.277. The standard InChI is InChI=1S/C37H49I2NO4SSi2/c1-36(2,3)46(8,9)43-22-18-16-14-12-13-15-17-19-26-27-20-21-28-32(27)33(30-24-40(23-29(26)30)45(7,41)42)31(35(39)34(28)38)25-44-47(10,11)37(4,5)6/h13,15,20-25H2,1-11H3. The number of fused-ring (bicyclic) bond motifs is 2. The second-order valence-electron chi connectivity index (χ2n) is 15.7. The number of rotatable bonds is 7. The number of nitrogens with zero attached hydrogens (tertiary/aromatic N) is 1. The number of sulfonamides is 1. The van der Waals surface area contributed by atoms with Crippen molar-refractivity contribution in [1.82, 2.24) is 4.31 Å². The van der Waals surface area contributed by atoms with Gasteiger partial charge in [-0.25, -0.2) is 8.42 Å². The van der Waals surface area contributed by atoms with Gasteiger partial charge in [-0.2, -0.15) is 4.31 Å². The van der Waals surface area contributed by atoms with Crippen LogP contribution in [0.1, 0.15) is 87.8 Å². The molecule has 2 aliphatic rings. The number of benzene rings is 2. The first kappa shape index (κ1) is 38.9. The minimum absolute atomic E-state index is 0.0916. The van der Waals surface area contributed by atoms with Gasteiger partial charge in [0, 0.05) is 38.6 Å². The first-order chi connectivity index (χ1) is 21.6. The molecule has 0 unspecified atom stereocenters. The van der Waals surface area contributed by atoms with E-state index in [0.717, 1.165) is 29.5 Å². The summed E-state index contributed by atoms with van der Waals surface area (Å²) >= 11 is 4.99. The third-order valence-electron chi connectivity index (χ3n) is 10.4. The van der Waals surface area contributed by atoms with E-state index in [2.05, 4.69) is 148 Å². The van der Waals surface area contributed by atoms with Gasteiger partial charge in [0.1, 0.15) is 0 Å². The Balaban J connectivity index is 1.67. The Morgan fingerprint density at radius 1 is 0.745 bits per heavy atom. The molecule has 2 aromatic carbocycles. The largest absolute Gasteiger partial charge is 0.412 e. The third kappa shape index (κ3) is 8.36. The van der Waals surface area contributed by atoms with Gasteiger partial charge in [0.25, 0.3) is 0 Å². The molecule has 0 spiro atoms. The van der Waals surface area contributed by atoms with Gasteiger partial charge in [0.2, 0.25) is 10.0 Å². The van der Waals surface area contributed by atoms with Crippen LogP contribution in [0.5, 0.6) is 0 Å². The topological polar surface area (TPSA) is 55.8 Å². The van der Waals surface area contributed by atoms with E-state index in [1.165, 1.54) is 40.9 Å². The molecule has 4 rings (SSSR count). The lowest BCUT2D eigenvalue weighted by atomic mass is 9.89. The van der Waals surface area contributed by atoms with Gasteiger partial charge in [-0.1, -0.05) is 65.2 Å². The zero-order valence-electron chi connectivity index (χ0n) is 29.9. The van der Waals surface area contributed by atoms with Crippen LogP contribution >= 0.6 is 45.2 Å². The smallest absolute Gasteiger partial charge is 0.211 e. The summed E-state index contributed by atoms with van der Waals surface area (Å²) in [6.07, 6.45) is 4.44. The van der Waals surface area contributed by atoms with Crippen molar-refractivity contribution in [3.8, 4) is 35.5 Å². The maximum absolute atomic E-state index is 12.8. The average Bonchev–Trinajstić information content (AvgIpc) is 3.58. The lowest BCUT2D eigenvalue weighted by Gasteiger charge is -2.36. The molecule has 5 nitrogen and oxygen atoms in total. The predicted molar refractivity (Wildman–Crippen MR) is 218 cm³/mol. The molecule has 0 atom stereocenters. The number of halogens is 2. The molecule has 1 aliphatic carbocycles. The summed E-state index contributed by atoms with van der Waals surface area (Å²) < 4.78 is 42.7. The Labute approximate surface area is 313 Å². The van der Waals surface area contributed by atoms with Gasteiger partial charge in [0.15, 0.2) is 16.6 Å². The second-order valence-corrected chi connectivity index (χ2v) is 29.4. The fourth-order valence-electron chi connectivity index (χ4n) is 5.44. The molecule has 0 radical (unpaired) electrons. The van der Waals surface area contributed by atoms with E-state index in [1.54, 1.807) is 4.31 Å². The van der Waals surface area contributed by atoms with Crippen molar-refractivity contribution in [2.45, 2.75) is 123 Å². The molecule has 10 heteroatoms. The van der Waals surface area contributed by atoms with E-state index in [0.29, 0.717) is 39.1 Å². The molecule has 47 heavy (non-hydrogen) atoms. The molecule has 0 amide bonds. The number of hydrogen-bond acceptors (Lipinski definition) is 4. The normalized spacial score (nSPS) is 15.1. The number of hydrogen-bond donors (Lipinski definition) is 0. The minimum atomic E-state index is -3.39. The molecule has 0 saturated carbocycles. The van der Waals surface area contributed by atoms with Crippen molar-refractivity contribution in [3.63, 3.8) is 0 Å². The van der Waals surface area contributed by atoms with Gasteiger partial charge in [-0.15, -0.1) is 0 Å². The molecule has 254 valence electrons. The zero-order chi connectivity index (χ0) is 35.2. The Morgan fingerprint density at radius 2 is 1.30 bits per heavy atom. The summed E-state index contributed by atoms with van der Waals surface area (Å²) in [6.45, 7) is 24.1. The quantitative estimate of drug-likeness (QED) is 0.121. The van der Waals surface area contributed by atoms with E-state index in [-0.39, 0.29) is 10.1 Å². The van der Waals surface area contributed by atoms with Crippen LogP contribution in [0, 0.1) is 42.7 Å². The SMILES string of the molecule is CC(C)(C)[Si](C)(C)OCC#CC#CCCC#Cc1c2c(c3c(CO[Si](C)(C)C(C)(C)C)c(I)c(I)c4c3c1CC4)CN(S(C)(=O)=O)C2. The van der Waals surface area contributed by atoms with E-state index in [9.17, 15) is 8.42 Å². The van der Waals surface area contributed by atoms with Crippen molar-refractivity contribution < 1.29 is 17.3 Å². The predicted octanol–water partition coefficient (Wildman–Crippen LogP) is 9.10. The van der Waals surface area contributed by atoms with E-state index < -0.39 is 26.7 Å². The number of unbranched alkanes of at least 4 members (excludes halogenated alkanes) is 1. The zero-order valence-corrected chi connectivity index (χ0v) is 37.0. The summed E-state index contributed by atoms with van der Waals surface area (Å²) in [7, 11) is -7.21. The van der Waals surface area contributed by atoms with Crippen molar-refractivity contribution in [2.75, 3.05) is 12.9 Å². The Kier molecular flexibility index (Phi) is 11.9. The summed E-state index contributed by atoms with van der Waals surface area (Å²) in [5.41, 5.74) is 6.99. The van der Waals surface area contributed by atoms with Crippen LogP contribution in [0.25, 0.3) is 10.8 Å². The summed E-state index contributed by atoms with van der Waals surface area (Å²) in [5.74, 6) is 18.9. The molecular weight excluding hydrogens is 864 g/mol. The van der Waals surface area contributed by atoms with Gasteiger partial charge >= 0.3 is 0 Å². The second kappa shape index (κ2) is 14.4. The van der Waals surface area contributed by atoms with Crippen molar-refractivity contribution in [2.24, 2.45) is 0 Å². The highest BCUT2D eigenvalue weighted by molar-refractivity contribution is 14.1. The Morgan fingerprint density at radius 3 is 1.91 bits per heavy atom. The van der Waals surface area contributed by atoms with Crippen molar-refractivity contribution in [1.29, 1.82) is 0 Å². The third-order valence-corrected chi connectivity index (χ3v) is 24.0. The minimum Gasteiger partial charge on any atom is -0.412 e.